The van der Waals surface area contributed by atoms with Crippen molar-refractivity contribution >= 4 is 33.5 Å². The van der Waals surface area contributed by atoms with E-state index in [1.54, 1.807) is 24.3 Å². The minimum Gasteiger partial charge on any atom is -0.465 e. The molecule has 0 aliphatic carbocycles. The zero-order valence-corrected chi connectivity index (χ0v) is 15.1. The smallest absolute Gasteiger partial charge is 0.337 e. The zero-order valence-electron chi connectivity index (χ0n) is 12.8. The Hall–Kier alpha value is -1.83. The molecule has 0 aliphatic heterocycles. The van der Waals surface area contributed by atoms with Gasteiger partial charge in [-0.3, -0.25) is 0 Å². The van der Waals surface area contributed by atoms with Crippen LogP contribution in [0.2, 0.25) is 5.02 Å². The summed E-state index contributed by atoms with van der Waals surface area (Å²) in [5, 5.41) is 10.3. The van der Waals surface area contributed by atoms with E-state index in [1.807, 2.05) is 25.1 Å². The summed E-state index contributed by atoms with van der Waals surface area (Å²) in [7, 11) is 1.34. The molecule has 0 spiro atoms. The maximum absolute atomic E-state index is 11.5. The molecule has 1 atom stereocenters. The molecule has 1 unspecified atom stereocenters. The van der Waals surface area contributed by atoms with Crippen molar-refractivity contribution in [3.05, 3.63) is 68.7 Å². The van der Waals surface area contributed by atoms with Crippen LogP contribution >= 0.6 is 27.5 Å². The van der Waals surface area contributed by atoms with Crippen LogP contribution in [0.3, 0.4) is 0 Å². The number of methoxy groups -OCH3 is 1. The van der Waals surface area contributed by atoms with E-state index in [4.69, 9.17) is 11.6 Å². The Kier molecular flexibility index (Phi) is 5.46. The van der Waals surface area contributed by atoms with Crippen molar-refractivity contribution in [3.63, 3.8) is 0 Å². The lowest BCUT2D eigenvalue weighted by Crippen LogP contribution is -2.23. The molecule has 0 fully saturated rings. The number of carbonyl (C=O) groups is 1. The van der Waals surface area contributed by atoms with Crippen LogP contribution < -0.4 is 0 Å². The van der Waals surface area contributed by atoms with E-state index >= 15 is 0 Å². The summed E-state index contributed by atoms with van der Waals surface area (Å²) in [6.07, 6.45) is 0.479. The molecule has 0 saturated heterocycles. The van der Waals surface area contributed by atoms with E-state index in [9.17, 15) is 10.1 Å². The molecule has 0 N–H and O–H groups in total. The summed E-state index contributed by atoms with van der Waals surface area (Å²) >= 11 is 9.64. The van der Waals surface area contributed by atoms with Crippen LogP contribution in [0.15, 0.2) is 46.9 Å². The van der Waals surface area contributed by atoms with Gasteiger partial charge in [0.2, 0.25) is 0 Å². The second-order valence-electron chi connectivity index (χ2n) is 5.43. The molecule has 0 heterocycles. The summed E-state index contributed by atoms with van der Waals surface area (Å²) in [4.78, 5) is 11.5. The number of esters is 1. The molecule has 0 aromatic heterocycles. The number of benzene rings is 2. The molecule has 0 aliphatic rings. The SMILES string of the molecule is COC(=O)c1ccc(C(C)(C#N)Cc2ccc(Br)cc2Cl)cc1. The Labute approximate surface area is 149 Å². The van der Waals surface area contributed by atoms with Gasteiger partial charge in [-0.05, 0) is 48.7 Å². The van der Waals surface area contributed by atoms with E-state index in [1.165, 1.54) is 7.11 Å². The minimum atomic E-state index is -0.744. The number of hydrogen-bond acceptors (Lipinski definition) is 3. The first kappa shape index (κ1) is 17.5. The fraction of sp³-hybridized carbons (Fsp3) is 0.222. The van der Waals surface area contributed by atoms with Crippen molar-refractivity contribution in [3.8, 4) is 6.07 Å². The van der Waals surface area contributed by atoms with Crippen LogP contribution in [-0.2, 0) is 16.6 Å². The number of halogens is 2. The second kappa shape index (κ2) is 7.16. The molecule has 118 valence electrons. The van der Waals surface area contributed by atoms with Gasteiger partial charge in [-0.25, -0.2) is 4.79 Å². The molecule has 23 heavy (non-hydrogen) atoms. The Morgan fingerprint density at radius 1 is 1.30 bits per heavy atom. The molecular weight excluding hydrogens is 378 g/mol. The maximum Gasteiger partial charge on any atom is 0.337 e. The van der Waals surface area contributed by atoms with Crippen molar-refractivity contribution < 1.29 is 9.53 Å². The number of rotatable bonds is 4. The fourth-order valence-corrected chi connectivity index (χ4v) is 3.08. The average Bonchev–Trinajstić information content (AvgIpc) is 2.56. The number of carbonyl (C=O) groups excluding carboxylic acids is 1. The highest BCUT2D eigenvalue weighted by molar-refractivity contribution is 9.10. The van der Waals surface area contributed by atoms with Gasteiger partial charge in [-0.1, -0.05) is 45.7 Å². The standard InChI is InChI=1S/C18H15BrClNO2/c1-18(11-21,10-13-5-8-15(19)9-16(13)20)14-6-3-12(4-7-14)17(22)23-2/h3-9H,10H2,1-2H3. The molecule has 2 aromatic rings. The van der Waals surface area contributed by atoms with Crippen LogP contribution in [0.4, 0.5) is 0 Å². The summed E-state index contributed by atoms with van der Waals surface area (Å²) in [6, 6.07) is 14.9. The van der Waals surface area contributed by atoms with E-state index in [0.29, 0.717) is 17.0 Å². The van der Waals surface area contributed by atoms with Gasteiger partial charge in [0.1, 0.15) is 0 Å². The van der Waals surface area contributed by atoms with E-state index < -0.39 is 11.4 Å². The first-order chi connectivity index (χ1) is 10.9. The van der Waals surface area contributed by atoms with Crippen molar-refractivity contribution in [2.24, 2.45) is 0 Å². The van der Waals surface area contributed by atoms with Gasteiger partial charge in [0, 0.05) is 9.50 Å². The monoisotopic (exact) mass is 391 g/mol. The van der Waals surface area contributed by atoms with Gasteiger partial charge < -0.3 is 4.74 Å². The lowest BCUT2D eigenvalue weighted by atomic mass is 9.78. The molecular formula is C18H15BrClNO2. The highest BCUT2D eigenvalue weighted by Gasteiger charge is 2.28. The minimum absolute atomic E-state index is 0.397. The van der Waals surface area contributed by atoms with Gasteiger partial charge in [-0.15, -0.1) is 0 Å². The Morgan fingerprint density at radius 2 is 1.96 bits per heavy atom. The van der Waals surface area contributed by atoms with Crippen molar-refractivity contribution in [2.45, 2.75) is 18.8 Å². The van der Waals surface area contributed by atoms with E-state index in [0.717, 1.165) is 15.6 Å². The van der Waals surface area contributed by atoms with Crippen molar-refractivity contribution in [2.75, 3.05) is 7.11 Å². The number of nitrogens with zero attached hydrogens (tertiary/aromatic N) is 1. The van der Waals surface area contributed by atoms with E-state index in [-0.39, 0.29) is 0 Å². The van der Waals surface area contributed by atoms with Crippen LogP contribution in [0.5, 0.6) is 0 Å². The van der Waals surface area contributed by atoms with Gasteiger partial charge in [-0.2, -0.15) is 5.26 Å². The lowest BCUT2D eigenvalue weighted by molar-refractivity contribution is 0.0600. The molecule has 5 heteroatoms. The topological polar surface area (TPSA) is 50.1 Å². The summed E-state index contributed by atoms with van der Waals surface area (Å²) < 4.78 is 5.58. The molecule has 3 nitrogen and oxygen atoms in total. The molecule has 0 saturated carbocycles. The number of nitriles is 1. The molecule has 0 bridgehead atoms. The van der Waals surface area contributed by atoms with E-state index in [2.05, 4.69) is 26.7 Å². The molecule has 2 aromatic carbocycles. The second-order valence-corrected chi connectivity index (χ2v) is 6.75. The molecule has 0 radical (unpaired) electrons. The summed E-state index contributed by atoms with van der Waals surface area (Å²) in [6.45, 7) is 1.86. The Balaban J connectivity index is 2.33. The largest absolute Gasteiger partial charge is 0.465 e. The third-order valence-corrected chi connectivity index (χ3v) is 4.59. The van der Waals surface area contributed by atoms with Gasteiger partial charge in [0.25, 0.3) is 0 Å². The lowest BCUT2D eigenvalue weighted by Gasteiger charge is -2.23. The highest BCUT2D eigenvalue weighted by Crippen LogP contribution is 2.32. The van der Waals surface area contributed by atoms with Crippen LogP contribution in [0, 0.1) is 11.3 Å². The number of ether oxygens (including phenoxy) is 1. The first-order valence-corrected chi connectivity index (χ1v) is 8.11. The number of hydrogen-bond donors (Lipinski definition) is 0. The third-order valence-electron chi connectivity index (χ3n) is 3.75. The van der Waals surface area contributed by atoms with Gasteiger partial charge >= 0.3 is 5.97 Å². The maximum atomic E-state index is 11.5. The fourth-order valence-electron chi connectivity index (χ4n) is 2.34. The first-order valence-electron chi connectivity index (χ1n) is 6.93. The van der Waals surface area contributed by atoms with Gasteiger partial charge in [0.05, 0.1) is 24.2 Å². The Morgan fingerprint density at radius 3 is 2.48 bits per heavy atom. The van der Waals surface area contributed by atoms with Crippen LogP contribution in [-0.4, -0.2) is 13.1 Å². The third kappa shape index (κ3) is 3.93. The predicted molar refractivity (Wildman–Crippen MR) is 93.6 cm³/mol. The summed E-state index contributed by atoms with van der Waals surface area (Å²) in [5.41, 5.74) is 1.44. The van der Waals surface area contributed by atoms with Crippen LogP contribution in [0.25, 0.3) is 0 Å². The zero-order chi connectivity index (χ0) is 17.0. The molecule has 2 rings (SSSR count). The van der Waals surface area contributed by atoms with Crippen molar-refractivity contribution in [1.82, 2.24) is 0 Å². The average molecular weight is 393 g/mol. The van der Waals surface area contributed by atoms with Crippen molar-refractivity contribution in [1.29, 1.82) is 5.26 Å². The quantitative estimate of drug-likeness (QED) is 0.694. The van der Waals surface area contributed by atoms with Gasteiger partial charge in [0.15, 0.2) is 0 Å². The highest BCUT2D eigenvalue weighted by atomic mass is 79.9. The normalized spacial score (nSPS) is 13.0. The Bertz CT molecular complexity index is 768. The van der Waals surface area contributed by atoms with Crippen LogP contribution in [0.1, 0.15) is 28.4 Å². The molecule has 0 amide bonds. The summed E-state index contributed by atoms with van der Waals surface area (Å²) in [5.74, 6) is -0.397. The predicted octanol–water partition coefficient (Wildman–Crippen LogP) is 4.91.